The van der Waals surface area contributed by atoms with Gasteiger partial charge in [0.05, 0.1) is 6.54 Å². The van der Waals surface area contributed by atoms with Crippen LogP contribution in [-0.4, -0.2) is 19.6 Å². The SMILES string of the molecule is CN=C(NCc1cccs1)NCc1c(F)cccc1OC(F)F.I. The summed E-state index contributed by atoms with van der Waals surface area (Å²) >= 11 is 1.59. The van der Waals surface area contributed by atoms with E-state index in [1.165, 1.54) is 18.2 Å². The summed E-state index contributed by atoms with van der Waals surface area (Å²) in [5.74, 6) is -0.379. The predicted octanol–water partition coefficient (Wildman–Crippen LogP) is 3.97. The van der Waals surface area contributed by atoms with Crippen LogP contribution in [0.1, 0.15) is 10.4 Å². The third-order valence-electron chi connectivity index (χ3n) is 2.96. The molecule has 0 atom stereocenters. The monoisotopic (exact) mass is 471 g/mol. The van der Waals surface area contributed by atoms with E-state index in [-0.39, 0.29) is 41.8 Å². The van der Waals surface area contributed by atoms with Crippen LogP contribution in [0.3, 0.4) is 0 Å². The van der Waals surface area contributed by atoms with Crippen LogP contribution < -0.4 is 15.4 Å². The zero-order valence-electron chi connectivity index (χ0n) is 12.8. The van der Waals surface area contributed by atoms with E-state index in [1.807, 2.05) is 17.5 Å². The molecule has 1 heterocycles. The Morgan fingerprint density at radius 1 is 1.21 bits per heavy atom. The van der Waals surface area contributed by atoms with Gasteiger partial charge in [-0.05, 0) is 23.6 Å². The van der Waals surface area contributed by atoms with Gasteiger partial charge < -0.3 is 15.4 Å². The summed E-state index contributed by atoms with van der Waals surface area (Å²) in [7, 11) is 1.57. The fourth-order valence-electron chi connectivity index (χ4n) is 1.89. The topological polar surface area (TPSA) is 45.7 Å². The molecule has 0 bridgehead atoms. The fourth-order valence-corrected chi connectivity index (χ4v) is 2.54. The number of alkyl halides is 2. The minimum atomic E-state index is -3.01. The highest BCUT2D eigenvalue weighted by molar-refractivity contribution is 14.0. The van der Waals surface area contributed by atoms with Crippen molar-refractivity contribution < 1.29 is 17.9 Å². The molecule has 0 aliphatic carbocycles. The maximum absolute atomic E-state index is 13.8. The summed E-state index contributed by atoms with van der Waals surface area (Å²) in [4.78, 5) is 5.12. The zero-order chi connectivity index (χ0) is 16.7. The maximum atomic E-state index is 13.8. The second-order valence-electron chi connectivity index (χ2n) is 4.45. The molecule has 24 heavy (non-hydrogen) atoms. The number of benzene rings is 1. The highest BCUT2D eigenvalue weighted by atomic mass is 127. The van der Waals surface area contributed by atoms with Crippen molar-refractivity contribution in [3.05, 3.63) is 52.0 Å². The molecule has 0 radical (unpaired) electrons. The second-order valence-corrected chi connectivity index (χ2v) is 5.49. The van der Waals surface area contributed by atoms with Crippen molar-refractivity contribution in [2.24, 2.45) is 4.99 Å². The molecular weight excluding hydrogens is 454 g/mol. The lowest BCUT2D eigenvalue weighted by atomic mass is 10.2. The minimum Gasteiger partial charge on any atom is -0.434 e. The maximum Gasteiger partial charge on any atom is 0.387 e. The van der Waals surface area contributed by atoms with Gasteiger partial charge in [0, 0.05) is 24.0 Å². The summed E-state index contributed by atoms with van der Waals surface area (Å²) in [6, 6.07) is 7.72. The summed E-state index contributed by atoms with van der Waals surface area (Å²) < 4.78 is 42.9. The molecule has 2 N–H and O–H groups in total. The Hall–Kier alpha value is -1.49. The van der Waals surface area contributed by atoms with Gasteiger partial charge in [0.2, 0.25) is 0 Å². The molecule has 0 aliphatic rings. The van der Waals surface area contributed by atoms with Crippen LogP contribution >= 0.6 is 35.3 Å². The fraction of sp³-hybridized carbons (Fsp3) is 0.267. The lowest BCUT2D eigenvalue weighted by Crippen LogP contribution is -2.36. The van der Waals surface area contributed by atoms with E-state index in [0.29, 0.717) is 12.5 Å². The number of rotatable bonds is 6. The van der Waals surface area contributed by atoms with Crippen LogP contribution in [0.25, 0.3) is 0 Å². The quantitative estimate of drug-likeness (QED) is 0.381. The number of ether oxygens (including phenoxy) is 1. The molecule has 0 aliphatic heterocycles. The Bertz CT molecular complexity index is 653. The molecular formula is C15H17F3IN3OS. The minimum absolute atomic E-state index is 0. The number of hydrogen-bond acceptors (Lipinski definition) is 3. The van der Waals surface area contributed by atoms with Crippen LogP contribution in [0.2, 0.25) is 0 Å². The number of hydrogen-bond donors (Lipinski definition) is 2. The van der Waals surface area contributed by atoms with Crippen LogP contribution in [-0.2, 0) is 13.1 Å². The molecule has 1 aromatic heterocycles. The number of aliphatic imine (C=N–C) groups is 1. The average Bonchev–Trinajstić information content (AvgIpc) is 3.02. The third kappa shape index (κ3) is 6.19. The molecule has 4 nitrogen and oxygen atoms in total. The first-order valence-corrected chi connectivity index (χ1v) is 7.67. The second kappa shape index (κ2) is 10.4. The van der Waals surface area contributed by atoms with Gasteiger partial charge >= 0.3 is 6.61 Å². The molecule has 0 unspecified atom stereocenters. The molecule has 0 saturated carbocycles. The Kier molecular flexibility index (Phi) is 8.90. The van der Waals surface area contributed by atoms with Gasteiger partial charge in [0.1, 0.15) is 11.6 Å². The standard InChI is InChI=1S/C15H16F3N3OS.HI/c1-19-15(20-8-10-4-3-7-23-10)21-9-11-12(16)5-2-6-13(11)22-14(17)18;/h2-7,14H,8-9H2,1H3,(H2,19,20,21);1H. The summed E-state index contributed by atoms with van der Waals surface area (Å²) in [5.41, 5.74) is 0.0203. The summed E-state index contributed by atoms with van der Waals surface area (Å²) in [5, 5.41) is 7.90. The van der Waals surface area contributed by atoms with Crippen molar-refractivity contribution in [3.8, 4) is 5.75 Å². The third-order valence-corrected chi connectivity index (χ3v) is 3.83. The molecule has 1 aromatic carbocycles. The van der Waals surface area contributed by atoms with E-state index >= 15 is 0 Å². The van der Waals surface area contributed by atoms with Crippen LogP contribution in [0.4, 0.5) is 13.2 Å². The van der Waals surface area contributed by atoms with Crippen molar-refractivity contribution in [3.63, 3.8) is 0 Å². The van der Waals surface area contributed by atoms with Crippen molar-refractivity contribution in [1.29, 1.82) is 0 Å². The molecule has 2 rings (SSSR count). The average molecular weight is 471 g/mol. The lowest BCUT2D eigenvalue weighted by molar-refractivity contribution is -0.0506. The highest BCUT2D eigenvalue weighted by Gasteiger charge is 2.14. The first kappa shape index (κ1) is 20.6. The van der Waals surface area contributed by atoms with Crippen LogP contribution in [0.5, 0.6) is 5.75 Å². The lowest BCUT2D eigenvalue weighted by Gasteiger charge is -2.14. The van der Waals surface area contributed by atoms with Gasteiger partial charge in [0.25, 0.3) is 0 Å². The van der Waals surface area contributed by atoms with Gasteiger partial charge in [-0.3, -0.25) is 4.99 Å². The van der Waals surface area contributed by atoms with Crippen molar-refractivity contribution in [1.82, 2.24) is 10.6 Å². The van der Waals surface area contributed by atoms with Crippen LogP contribution in [0, 0.1) is 5.82 Å². The molecule has 9 heteroatoms. The number of guanidine groups is 1. The normalized spacial score (nSPS) is 11.1. The Morgan fingerprint density at radius 3 is 2.58 bits per heavy atom. The van der Waals surface area contributed by atoms with Crippen molar-refractivity contribution in [2.75, 3.05) is 7.05 Å². The number of nitrogens with one attached hydrogen (secondary N) is 2. The summed E-state index contributed by atoms with van der Waals surface area (Å²) in [6.45, 7) is -2.47. The Morgan fingerprint density at radius 2 is 1.96 bits per heavy atom. The molecule has 0 amide bonds. The van der Waals surface area contributed by atoms with Gasteiger partial charge in [-0.15, -0.1) is 35.3 Å². The molecule has 132 valence electrons. The van der Waals surface area contributed by atoms with Crippen molar-refractivity contribution >= 4 is 41.3 Å². The van der Waals surface area contributed by atoms with E-state index in [4.69, 9.17) is 0 Å². The first-order valence-electron chi connectivity index (χ1n) is 6.79. The molecule has 0 fully saturated rings. The number of thiophene rings is 1. The zero-order valence-corrected chi connectivity index (χ0v) is 15.9. The molecule has 0 saturated heterocycles. The van der Waals surface area contributed by atoms with E-state index in [0.717, 1.165) is 4.88 Å². The van der Waals surface area contributed by atoms with Gasteiger partial charge in [-0.1, -0.05) is 12.1 Å². The van der Waals surface area contributed by atoms with Gasteiger partial charge in [-0.25, -0.2) is 4.39 Å². The van der Waals surface area contributed by atoms with E-state index < -0.39 is 12.4 Å². The molecule has 2 aromatic rings. The Balaban J connectivity index is 0.00000288. The number of halogens is 4. The van der Waals surface area contributed by atoms with Gasteiger partial charge in [0.15, 0.2) is 5.96 Å². The summed E-state index contributed by atoms with van der Waals surface area (Å²) in [6.07, 6.45) is 0. The van der Waals surface area contributed by atoms with E-state index in [9.17, 15) is 13.2 Å². The molecule has 0 spiro atoms. The highest BCUT2D eigenvalue weighted by Crippen LogP contribution is 2.23. The van der Waals surface area contributed by atoms with E-state index in [1.54, 1.807) is 18.4 Å². The van der Waals surface area contributed by atoms with Crippen LogP contribution in [0.15, 0.2) is 40.7 Å². The predicted molar refractivity (Wildman–Crippen MR) is 99.8 cm³/mol. The van der Waals surface area contributed by atoms with Gasteiger partial charge in [-0.2, -0.15) is 8.78 Å². The Labute approximate surface area is 159 Å². The largest absolute Gasteiger partial charge is 0.434 e. The first-order chi connectivity index (χ1) is 11.1. The van der Waals surface area contributed by atoms with Crippen molar-refractivity contribution in [2.45, 2.75) is 19.7 Å². The van der Waals surface area contributed by atoms with E-state index in [2.05, 4.69) is 20.4 Å². The number of nitrogens with zero attached hydrogens (tertiary/aromatic N) is 1. The smallest absolute Gasteiger partial charge is 0.387 e.